The van der Waals surface area contributed by atoms with E-state index in [1.54, 1.807) is 6.07 Å². The van der Waals surface area contributed by atoms with Crippen LogP contribution in [0, 0.1) is 6.92 Å². The maximum atomic E-state index is 11.4. The second kappa shape index (κ2) is 4.75. The maximum Gasteiger partial charge on any atom is 0.344 e. The number of hydrogen-bond donors (Lipinski definition) is 0. The molecule has 0 saturated heterocycles. The van der Waals surface area contributed by atoms with Gasteiger partial charge in [-0.1, -0.05) is 22.5 Å². The Morgan fingerprint density at radius 2 is 2.07 bits per heavy atom. The molecule has 0 heterocycles. The Morgan fingerprint density at radius 3 is 2.64 bits per heavy atom. The van der Waals surface area contributed by atoms with Crippen molar-refractivity contribution in [2.75, 3.05) is 0 Å². The van der Waals surface area contributed by atoms with Gasteiger partial charge in [-0.25, -0.2) is 4.79 Å². The number of rotatable bonds is 2. The smallest absolute Gasteiger partial charge is 0.344 e. The van der Waals surface area contributed by atoms with Gasteiger partial charge in [-0.2, -0.15) is 0 Å². The standard InChI is InChI=1S/C10H8Br2O2/c1-3-14-10(13)7-5-8(11)6(2)4-9(7)12/h3-5H,1H2,2H3. The first kappa shape index (κ1) is 11.5. The van der Waals surface area contributed by atoms with E-state index in [9.17, 15) is 4.79 Å². The zero-order valence-electron chi connectivity index (χ0n) is 7.51. The molecule has 0 radical (unpaired) electrons. The normalized spacial score (nSPS) is 9.64. The van der Waals surface area contributed by atoms with Gasteiger partial charge in [0.2, 0.25) is 0 Å². The highest BCUT2D eigenvalue weighted by Gasteiger charge is 2.12. The lowest BCUT2D eigenvalue weighted by atomic mass is 10.1. The topological polar surface area (TPSA) is 26.3 Å². The summed E-state index contributed by atoms with van der Waals surface area (Å²) in [5.41, 5.74) is 1.52. The number of halogens is 2. The molecule has 0 N–H and O–H groups in total. The van der Waals surface area contributed by atoms with Crippen LogP contribution in [0.4, 0.5) is 0 Å². The predicted octanol–water partition coefficient (Wildman–Crippen LogP) is 3.82. The molecular formula is C10H8Br2O2. The Kier molecular flexibility index (Phi) is 3.89. The van der Waals surface area contributed by atoms with Crippen LogP contribution in [-0.4, -0.2) is 5.97 Å². The summed E-state index contributed by atoms with van der Waals surface area (Å²) in [6.45, 7) is 5.27. The van der Waals surface area contributed by atoms with Gasteiger partial charge in [0.05, 0.1) is 11.8 Å². The fourth-order valence-electron chi connectivity index (χ4n) is 0.942. The molecule has 0 saturated carbocycles. The first-order valence-electron chi connectivity index (χ1n) is 3.83. The lowest BCUT2D eigenvalue weighted by molar-refractivity contribution is 0.0663. The number of carbonyl (C=O) groups excluding carboxylic acids is 1. The molecule has 0 unspecified atom stereocenters. The Hall–Kier alpha value is -0.610. The van der Waals surface area contributed by atoms with E-state index >= 15 is 0 Å². The van der Waals surface area contributed by atoms with Crippen LogP contribution in [0.3, 0.4) is 0 Å². The van der Waals surface area contributed by atoms with Crippen molar-refractivity contribution in [2.24, 2.45) is 0 Å². The van der Waals surface area contributed by atoms with Crippen LogP contribution in [0.5, 0.6) is 0 Å². The molecule has 0 bridgehead atoms. The fourth-order valence-corrected chi connectivity index (χ4v) is 1.90. The SMILES string of the molecule is C=COC(=O)c1cc(Br)c(C)cc1Br. The van der Waals surface area contributed by atoms with E-state index in [2.05, 4.69) is 43.2 Å². The van der Waals surface area contributed by atoms with E-state index in [0.29, 0.717) is 10.0 Å². The van der Waals surface area contributed by atoms with Crippen molar-refractivity contribution in [3.8, 4) is 0 Å². The number of aryl methyl sites for hydroxylation is 1. The number of benzene rings is 1. The molecule has 74 valence electrons. The van der Waals surface area contributed by atoms with Gasteiger partial charge in [0, 0.05) is 8.95 Å². The summed E-state index contributed by atoms with van der Waals surface area (Å²) in [7, 11) is 0. The minimum Gasteiger partial charge on any atom is -0.432 e. The average Bonchev–Trinajstić information content (AvgIpc) is 2.11. The monoisotopic (exact) mass is 318 g/mol. The van der Waals surface area contributed by atoms with Gasteiger partial charge in [0.1, 0.15) is 0 Å². The maximum absolute atomic E-state index is 11.4. The van der Waals surface area contributed by atoms with Crippen molar-refractivity contribution >= 4 is 37.8 Å². The third-order valence-electron chi connectivity index (χ3n) is 1.66. The molecule has 1 rings (SSSR count). The second-order valence-corrected chi connectivity index (χ2v) is 4.36. The molecule has 0 spiro atoms. The first-order chi connectivity index (χ1) is 6.56. The van der Waals surface area contributed by atoms with Crippen molar-refractivity contribution in [2.45, 2.75) is 6.92 Å². The molecule has 0 aromatic heterocycles. The molecule has 0 atom stereocenters. The minimum absolute atomic E-state index is 0.424. The third kappa shape index (κ3) is 2.45. The van der Waals surface area contributed by atoms with Crippen LogP contribution in [-0.2, 0) is 4.74 Å². The molecule has 0 fully saturated rings. The number of hydrogen-bond acceptors (Lipinski definition) is 2. The Morgan fingerprint density at radius 1 is 1.43 bits per heavy atom. The van der Waals surface area contributed by atoms with E-state index < -0.39 is 5.97 Å². The van der Waals surface area contributed by atoms with Crippen LogP contribution in [0.1, 0.15) is 15.9 Å². The van der Waals surface area contributed by atoms with Gasteiger partial charge in [0.15, 0.2) is 0 Å². The molecule has 2 nitrogen and oxygen atoms in total. The predicted molar refractivity (Wildman–Crippen MR) is 62.2 cm³/mol. The molecule has 1 aromatic rings. The number of esters is 1. The lowest BCUT2D eigenvalue weighted by Crippen LogP contribution is -2.02. The molecule has 1 aromatic carbocycles. The Bertz CT molecular complexity index is 386. The zero-order valence-corrected chi connectivity index (χ0v) is 10.7. The van der Waals surface area contributed by atoms with Crippen molar-refractivity contribution in [1.29, 1.82) is 0 Å². The van der Waals surface area contributed by atoms with Crippen LogP contribution in [0.2, 0.25) is 0 Å². The van der Waals surface area contributed by atoms with Crippen LogP contribution < -0.4 is 0 Å². The largest absolute Gasteiger partial charge is 0.432 e. The van der Waals surface area contributed by atoms with E-state index in [1.807, 2.05) is 13.0 Å². The highest BCUT2D eigenvalue weighted by atomic mass is 79.9. The number of ether oxygens (including phenoxy) is 1. The quantitative estimate of drug-likeness (QED) is 0.612. The van der Waals surface area contributed by atoms with Crippen LogP contribution >= 0.6 is 31.9 Å². The third-order valence-corrected chi connectivity index (χ3v) is 3.17. The highest BCUT2D eigenvalue weighted by Crippen LogP contribution is 2.26. The summed E-state index contributed by atoms with van der Waals surface area (Å²) < 4.78 is 6.26. The second-order valence-electron chi connectivity index (χ2n) is 2.65. The summed E-state index contributed by atoms with van der Waals surface area (Å²) in [6, 6.07) is 3.56. The summed E-state index contributed by atoms with van der Waals surface area (Å²) in [4.78, 5) is 11.4. The molecular weight excluding hydrogens is 312 g/mol. The summed E-state index contributed by atoms with van der Waals surface area (Å²) in [5, 5.41) is 0. The molecule has 0 amide bonds. The number of carbonyl (C=O) groups is 1. The zero-order chi connectivity index (χ0) is 10.7. The molecule has 0 aliphatic carbocycles. The van der Waals surface area contributed by atoms with Crippen molar-refractivity contribution in [3.63, 3.8) is 0 Å². The van der Waals surface area contributed by atoms with E-state index in [4.69, 9.17) is 0 Å². The molecule has 0 aliphatic heterocycles. The van der Waals surface area contributed by atoms with Gasteiger partial charge < -0.3 is 4.74 Å². The van der Waals surface area contributed by atoms with E-state index in [-0.39, 0.29) is 0 Å². The molecule has 0 aliphatic rings. The lowest BCUT2D eigenvalue weighted by Gasteiger charge is -2.05. The summed E-state index contributed by atoms with van der Waals surface area (Å²) in [6.07, 6.45) is 1.11. The van der Waals surface area contributed by atoms with Crippen LogP contribution in [0.25, 0.3) is 0 Å². The Labute approximate surface area is 99.2 Å². The van der Waals surface area contributed by atoms with Gasteiger partial charge in [-0.15, -0.1) is 0 Å². The first-order valence-corrected chi connectivity index (χ1v) is 5.42. The summed E-state index contributed by atoms with van der Waals surface area (Å²) >= 11 is 6.64. The van der Waals surface area contributed by atoms with Gasteiger partial charge in [0.25, 0.3) is 0 Å². The van der Waals surface area contributed by atoms with Gasteiger partial charge >= 0.3 is 5.97 Å². The molecule has 14 heavy (non-hydrogen) atoms. The van der Waals surface area contributed by atoms with E-state index in [1.165, 1.54) is 0 Å². The van der Waals surface area contributed by atoms with Crippen molar-refractivity contribution < 1.29 is 9.53 Å². The minimum atomic E-state index is -0.424. The van der Waals surface area contributed by atoms with E-state index in [0.717, 1.165) is 16.3 Å². The van der Waals surface area contributed by atoms with Crippen molar-refractivity contribution in [3.05, 3.63) is 45.0 Å². The molecule has 4 heteroatoms. The average molecular weight is 320 g/mol. The van der Waals surface area contributed by atoms with Gasteiger partial charge in [-0.3, -0.25) is 0 Å². The fraction of sp³-hybridized carbons (Fsp3) is 0.100. The van der Waals surface area contributed by atoms with Crippen molar-refractivity contribution in [1.82, 2.24) is 0 Å². The summed E-state index contributed by atoms with van der Waals surface area (Å²) in [5.74, 6) is -0.424. The van der Waals surface area contributed by atoms with Gasteiger partial charge in [-0.05, 0) is 40.5 Å². The Balaban J connectivity index is 3.15. The highest BCUT2D eigenvalue weighted by molar-refractivity contribution is 9.11. The van der Waals surface area contributed by atoms with Crippen LogP contribution in [0.15, 0.2) is 33.9 Å².